The fraction of sp³-hybridized carbons (Fsp3) is 0.579. The standard InChI is InChI=1S/C19H27ClN2O5/c1-4-5-24-6-7-25-8-9-26-10-11-27-18-13-16-15(12-17(18)23-3)19(20)22-14(2)21-16/h12-13H,4-11H2,1-3H3. The Kier molecular flexibility index (Phi) is 9.55. The average molecular weight is 399 g/mol. The second-order valence-corrected chi connectivity index (χ2v) is 6.13. The van der Waals surface area contributed by atoms with Crippen molar-refractivity contribution < 1.29 is 23.7 Å². The topological polar surface area (TPSA) is 71.9 Å². The maximum absolute atomic E-state index is 6.18. The summed E-state index contributed by atoms with van der Waals surface area (Å²) in [6.07, 6.45) is 1.02. The molecule has 27 heavy (non-hydrogen) atoms. The van der Waals surface area contributed by atoms with Crippen molar-refractivity contribution >= 4 is 22.5 Å². The van der Waals surface area contributed by atoms with Gasteiger partial charge in [-0.15, -0.1) is 0 Å². The molecule has 0 aliphatic carbocycles. The molecule has 0 amide bonds. The van der Waals surface area contributed by atoms with Crippen molar-refractivity contribution in [1.82, 2.24) is 9.97 Å². The van der Waals surface area contributed by atoms with Crippen molar-refractivity contribution in [2.75, 3.05) is 53.4 Å². The molecule has 0 unspecified atom stereocenters. The summed E-state index contributed by atoms with van der Waals surface area (Å²) in [6, 6.07) is 3.58. The molecule has 0 aliphatic heterocycles. The highest BCUT2D eigenvalue weighted by molar-refractivity contribution is 6.34. The van der Waals surface area contributed by atoms with E-state index in [0.29, 0.717) is 67.6 Å². The molecule has 0 radical (unpaired) electrons. The van der Waals surface area contributed by atoms with Crippen LogP contribution in [0.15, 0.2) is 12.1 Å². The summed E-state index contributed by atoms with van der Waals surface area (Å²) in [5, 5.41) is 1.12. The van der Waals surface area contributed by atoms with Crippen molar-refractivity contribution in [3.8, 4) is 11.5 Å². The first-order chi connectivity index (χ1) is 13.2. The van der Waals surface area contributed by atoms with Gasteiger partial charge in [-0.1, -0.05) is 18.5 Å². The van der Waals surface area contributed by atoms with Crippen LogP contribution < -0.4 is 9.47 Å². The van der Waals surface area contributed by atoms with Crippen LogP contribution in [0.3, 0.4) is 0 Å². The fourth-order valence-electron chi connectivity index (χ4n) is 2.38. The number of hydrogen-bond acceptors (Lipinski definition) is 7. The quantitative estimate of drug-likeness (QED) is 0.378. The van der Waals surface area contributed by atoms with Gasteiger partial charge in [0.05, 0.1) is 45.7 Å². The molecule has 1 heterocycles. The normalized spacial score (nSPS) is 11.1. The molecular weight excluding hydrogens is 372 g/mol. The van der Waals surface area contributed by atoms with Crippen LogP contribution in [0.1, 0.15) is 19.2 Å². The van der Waals surface area contributed by atoms with Crippen LogP contribution in [0.2, 0.25) is 5.15 Å². The second kappa shape index (κ2) is 11.9. The van der Waals surface area contributed by atoms with E-state index in [2.05, 4.69) is 16.9 Å². The third-order valence-electron chi connectivity index (χ3n) is 3.62. The lowest BCUT2D eigenvalue weighted by Gasteiger charge is -2.13. The lowest BCUT2D eigenvalue weighted by Crippen LogP contribution is -2.13. The number of benzene rings is 1. The number of halogens is 1. The molecule has 0 spiro atoms. The van der Waals surface area contributed by atoms with E-state index >= 15 is 0 Å². The lowest BCUT2D eigenvalue weighted by atomic mass is 10.2. The van der Waals surface area contributed by atoms with Gasteiger partial charge in [0.2, 0.25) is 0 Å². The number of ether oxygens (including phenoxy) is 5. The van der Waals surface area contributed by atoms with Crippen LogP contribution >= 0.6 is 11.6 Å². The highest BCUT2D eigenvalue weighted by Crippen LogP contribution is 2.34. The monoisotopic (exact) mass is 398 g/mol. The van der Waals surface area contributed by atoms with Crippen LogP contribution in [-0.4, -0.2) is 63.3 Å². The van der Waals surface area contributed by atoms with E-state index in [0.717, 1.165) is 18.4 Å². The first kappa shape index (κ1) is 21.6. The number of hydrogen-bond donors (Lipinski definition) is 0. The molecule has 2 aromatic rings. The van der Waals surface area contributed by atoms with Gasteiger partial charge in [0.15, 0.2) is 11.5 Å². The minimum atomic E-state index is 0.388. The van der Waals surface area contributed by atoms with Gasteiger partial charge in [0.1, 0.15) is 17.6 Å². The molecule has 150 valence electrons. The number of nitrogens with zero attached hydrogens (tertiary/aromatic N) is 2. The molecule has 0 atom stereocenters. The molecule has 1 aromatic carbocycles. The van der Waals surface area contributed by atoms with Gasteiger partial charge in [-0.25, -0.2) is 9.97 Å². The second-order valence-electron chi connectivity index (χ2n) is 5.77. The number of fused-ring (bicyclic) bond motifs is 1. The van der Waals surface area contributed by atoms with Crippen LogP contribution in [-0.2, 0) is 14.2 Å². The smallest absolute Gasteiger partial charge is 0.163 e. The van der Waals surface area contributed by atoms with E-state index in [-0.39, 0.29) is 0 Å². The Morgan fingerprint density at radius 1 is 0.852 bits per heavy atom. The Bertz CT molecular complexity index is 714. The van der Waals surface area contributed by atoms with E-state index in [1.807, 2.05) is 0 Å². The maximum atomic E-state index is 6.18. The molecule has 0 aliphatic rings. The van der Waals surface area contributed by atoms with Crippen molar-refractivity contribution in [3.63, 3.8) is 0 Å². The fourth-order valence-corrected chi connectivity index (χ4v) is 2.65. The van der Waals surface area contributed by atoms with Gasteiger partial charge >= 0.3 is 0 Å². The van der Waals surface area contributed by atoms with Gasteiger partial charge in [-0.05, 0) is 19.4 Å². The maximum Gasteiger partial charge on any atom is 0.163 e. The highest BCUT2D eigenvalue weighted by atomic mass is 35.5. The Balaban J connectivity index is 1.73. The SMILES string of the molecule is CCCOCCOCCOCCOc1cc2nc(C)nc(Cl)c2cc1OC. The minimum Gasteiger partial charge on any atom is -0.493 e. The molecule has 8 heteroatoms. The summed E-state index contributed by atoms with van der Waals surface area (Å²) < 4.78 is 27.4. The summed E-state index contributed by atoms with van der Waals surface area (Å²) in [7, 11) is 1.58. The van der Waals surface area contributed by atoms with Gasteiger partial charge in [0.25, 0.3) is 0 Å². The predicted octanol–water partition coefficient (Wildman–Crippen LogP) is 3.44. The van der Waals surface area contributed by atoms with E-state index < -0.39 is 0 Å². The molecule has 0 N–H and O–H groups in total. The lowest BCUT2D eigenvalue weighted by molar-refractivity contribution is 0.00934. The Labute approximate surface area is 164 Å². The average Bonchev–Trinajstić information content (AvgIpc) is 2.65. The Morgan fingerprint density at radius 3 is 2.11 bits per heavy atom. The van der Waals surface area contributed by atoms with Crippen LogP contribution in [0.4, 0.5) is 0 Å². The van der Waals surface area contributed by atoms with Gasteiger partial charge < -0.3 is 23.7 Å². The van der Waals surface area contributed by atoms with Crippen LogP contribution in [0.5, 0.6) is 11.5 Å². The molecule has 0 fully saturated rings. The molecule has 0 saturated heterocycles. The first-order valence-corrected chi connectivity index (χ1v) is 9.41. The molecule has 7 nitrogen and oxygen atoms in total. The van der Waals surface area contributed by atoms with Gasteiger partial charge in [0, 0.05) is 18.1 Å². The van der Waals surface area contributed by atoms with Crippen molar-refractivity contribution in [1.29, 1.82) is 0 Å². The van der Waals surface area contributed by atoms with Crippen molar-refractivity contribution in [3.05, 3.63) is 23.1 Å². The predicted molar refractivity (Wildman–Crippen MR) is 104 cm³/mol. The highest BCUT2D eigenvalue weighted by Gasteiger charge is 2.11. The summed E-state index contributed by atoms with van der Waals surface area (Å²) in [5.41, 5.74) is 0.711. The third-order valence-corrected chi connectivity index (χ3v) is 3.91. The number of rotatable bonds is 13. The Hall–Kier alpha value is -1.67. The minimum absolute atomic E-state index is 0.388. The summed E-state index contributed by atoms with van der Waals surface area (Å²) in [4.78, 5) is 8.54. The zero-order valence-electron chi connectivity index (χ0n) is 16.1. The summed E-state index contributed by atoms with van der Waals surface area (Å²) in [5.74, 6) is 1.77. The molecule has 2 rings (SSSR count). The first-order valence-electron chi connectivity index (χ1n) is 9.03. The van der Waals surface area contributed by atoms with E-state index in [9.17, 15) is 0 Å². The molecule has 0 saturated carbocycles. The molecular formula is C19H27ClN2O5. The third kappa shape index (κ3) is 7.10. The number of aryl methyl sites for hydroxylation is 1. The summed E-state index contributed by atoms with van der Waals surface area (Å²) in [6.45, 7) is 7.71. The van der Waals surface area contributed by atoms with Crippen molar-refractivity contribution in [2.24, 2.45) is 0 Å². The van der Waals surface area contributed by atoms with Gasteiger partial charge in [-0.2, -0.15) is 0 Å². The molecule has 0 bridgehead atoms. The number of methoxy groups -OCH3 is 1. The van der Waals surface area contributed by atoms with E-state index in [1.54, 1.807) is 26.2 Å². The van der Waals surface area contributed by atoms with E-state index in [1.165, 1.54) is 0 Å². The van der Waals surface area contributed by atoms with E-state index in [4.69, 9.17) is 35.3 Å². The zero-order valence-corrected chi connectivity index (χ0v) is 16.9. The largest absolute Gasteiger partial charge is 0.493 e. The number of aromatic nitrogens is 2. The Morgan fingerprint density at radius 2 is 1.48 bits per heavy atom. The van der Waals surface area contributed by atoms with Crippen molar-refractivity contribution in [2.45, 2.75) is 20.3 Å². The van der Waals surface area contributed by atoms with Crippen LogP contribution in [0.25, 0.3) is 10.9 Å². The van der Waals surface area contributed by atoms with Crippen LogP contribution in [0, 0.1) is 6.92 Å². The zero-order chi connectivity index (χ0) is 19.5. The van der Waals surface area contributed by atoms with Gasteiger partial charge in [-0.3, -0.25) is 0 Å². The molecule has 1 aromatic heterocycles. The summed E-state index contributed by atoms with van der Waals surface area (Å²) >= 11 is 6.18.